The topological polar surface area (TPSA) is 67.4 Å². The normalized spacial score (nSPS) is 13.6. The van der Waals surface area contributed by atoms with Crippen LogP contribution in [0.15, 0.2) is 0 Å². The van der Waals surface area contributed by atoms with Crippen molar-refractivity contribution in [1.29, 1.82) is 0 Å². The van der Waals surface area contributed by atoms with Gasteiger partial charge in [0, 0.05) is 19.5 Å². The molecule has 0 heterocycles. The van der Waals surface area contributed by atoms with E-state index in [1.807, 2.05) is 0 Å². The third kappa shape index (κ3) is 9.64. The van der Waals surface area contributed by atoms with Crippen molar-refractivity contribution in [2.75, 3.05) is 13.1 Å². The molecule has 0 saturated heterocycles. The van der Waals surface area contributed by atoms with Gasteiger partial charge in [-0.2, -0.15) is 0 Å². The fourth-order valence-corrected chi connectivity index (χ4v) is 1.25. The minimum Gasteiger partial charge on any atom is -0.444 e. The first kappa shape index (κ1) is 18.7. The van der Waals surface area contributed by atoms with Gasteiger partial charge in [-0.3, -0.25) is 4.79 Å². The Bertz CT molecular complexity index is 327. The number of carbonyl (C=O) groups is 2. The van der Waals surface area contributed by atoms with Crippen molar-refractivity contribution < 1.29 is 14.3 Å². The average molecular weight is 286 g/mol. The Morgan fingerprint density at radius 3 is 2.05 bits per heavy atom. The highest BCUT2D eigenvalue weighted by Crippen LogP contribution is 2.24. The van der Waals surface area contributed by atoms with Crippen LogP contribution in [0.2, 0.25) is 0 Å². The van der Waals surface area contributed by atoms with E-state index in [1.54, 1.807) is 20.8 Å². The lowest BCUT2D eigenvalue weighted by Gasteiger charge is -2.27. The van der Waals surface area contributed by atoms with Gasteiger partial charge in [-0.1, -0.05) is 27.7 Å². The van der Waals surface area contributed by atoms with Gasteiger partial charge < -0.3 is 15.4 Å². The maximum absolute atomic E-state index is 11.6. The van der Waals surface area contributed by atoms with Gasteiger partial charge in [0.2, 0.25) is 5.91 Å². The zero-order chi connectivity index (χ0) is 16.0. The summed E-state index contributed by atoms with van der Waals surface area (Å²) in [5.41, 5.74) is -0.351. The van der Waals surface area contributed by atoms with E-state index < -0.39 is 11.7 Å². The smallest absolute Gasteiger partial charge is 0.407 e. The molecule has 118 valence electrons. The van der Waals surface area contributed by atoms with Crippen LogP contribution in [0.4, 0.5) is 4.79 Å². The Hall–Kier alpha value is -1.26. The molecule has 0 aliphatic carbocycles. The zero-order valence-corrected chi connectivity index (χ0v) is 13.9. The third-order valence-electron chi connectivity index (χ3n) is 3.10. The first-order chi connectivity index (χ1) is 8.92. The molecule has 0 aliphatic rings. The Kier molecular flexibility index (Phi) is 7.03. The Morgan fingerprint density at radius 1 is 1.05 bits per heavy atom. The van der Waals surface area contributed by atoms with Crippen LogP contribution in [0.3, 0.4) is 0 Å². The predicted molar refractivity (Wildman–Crippen MR) is 80.5 cm³/mol. The van der Waals surface area contributed by atoms with E-state index in [4.69, 9.17) is 4.74 Å². The molecule has 1 unspecified atom stereocenters. The molecule has 0 fully saturated rings. The second-order valence-electron chi connectivity index (χ2n) is 7.25. The fraction of sp³-hybridized carbons (Fsp3) is 0.867. The van der Waals surface area contributed by atoms with Gasteiger partial charge >= 0.3 is 6.09 Å². The van der Waals surface area contributed by atoms with Crippen molar-refractivity contribution in [2.24, 2.45) is 11.3 Å². The molecule has 1 atom stereocenters. The van der Waals surface area contributed by atoms with Crippen molar-refractivity contribution in [3.63, 3.8) is 0 Å². The summed E-state index contributed by atoms with van der Waals surface area (Å²) in [6, 6.07) is 0. The Balaban J connectivity index is 3.82. The number of alkyl carbamates (subject to hydrolysis) is 1. The largest absolute Gasteiger partial charge is 0.444 e. The summed E-state index contributed by atoms with van der Waals surface area (Å²) < 4.78 is 5.08. The minimum atomic E-state index is -0.519. The molecule has 0 radical (unpaired) electrons. The lowest BCUT2D eigenvalue weighted by molar-refractivity contribution is -0.121. The molecule has 0 saturated carbocycles. The van der Waals surface area contributed by atoms with Crippen LogP contribution in [0.25, 0.3) is 0 Å². The van der Waals surface area contributed by atoms with Crippen LogP contribution in [0.1, 0.15) is 54.9 Å². The SMILES string of the molecule is CC(CNC(=O)CCNC(=O)OC(C)(C)C)C(C)(C)C. The first-order valence-corrected chi connectivity index (χ1v) is 7.15. The number of amides is 2. The number of rotatable bonds is 5. The summed E-state index contributed by atoms with van der Waals surface area (Å²) in [4.78, 5) is 23.0. The van der Waals surface area contributed by atoms with E-state index >= 15 is 0 Å². The van der Waals surface area contributed by atoms with E-state index in [1.165, 1.54) is 0 Å². The minimum absolute atomic E-state index is 0.0582. The molecule has 0 aliphatic heterocycles. The summed E-state index contributed by atoms with van der Waals surface area (Å²) in [6.45, 7) is 14.9. The number of ether oxygens (including phenoxy) is 1. The van der Waals surface area contributed by atoms with Gasteiger partial charge in [0.25, 0.3) is 0 Å². The van der Waals surface area contributed by atoms with Crippen molar-refractivity contribution in [3.8, 4) is 0 Å². The molecule has 2 amide bonds. The molecule has 20 heavy (non-hydrogen) atoms. The number of nitrogens with one attached hydrogen (secondary N) is 2. The molecular formula is C15H30N2O3. The number of hydrogen-bond donors (Lipinski definition) is 2. The molecule has 0 aromatic rings. The predicted octanol–water partition coefficient (Wildman–Crippen LogP) is 2.70. The van der Waals surface area contributed by atoms with Gasteiger partial charge in [0.1, 0.15) is 5.60 Å². The van der Waals surface area contributed by atoms with Crippen molar-refractivity contribution >= 4 is 12.0 Å². The van der Waals surface area contributed by atoms with Gasteiger partial charge in [-0.15, -0.1) is 0 Å². The number of carbonyl (C=O) groups excluding carboxylic acids is 2. The zero-order valence-electron chi connectivity index (χ0n) is 13.9. The third-order valence-corrected chi connectivity index (χ3v) is 3.10. The van der Waals surface area contributed by atoms with Crippen molar-refractivity contribution in [1.82, 2.24) is 10.6 Å². The molecule has 0 rings (SSSR count). The summed E-state index contributed by atoms with van der Waals surface area (Å²) in [7, 11) is 0. The monoisotopic (exact) mass is 286 g/mol. The maximum Gasteiger partial charge on any atom is 0.407 e. The van der Waals surface area contributed by atoms with Crippen LogP contribution < -0.4 is 10.6 Å². The van der Waals surface area contributed by atoms with Gasteiger partial charge in [0.15, 0.2) is 0 Å². The fourth-order valence-electron chi connectivity index (χ4n) is 1.25. The van der Waals surface area contributed by atoms with E-state index in [2.05, 4.69) is 38.3 Å². The molecule has 5 heteroatoms. The van der Waals surface area contributed by atoms with Gasteiger partial charge in [-0.25, -0.2) is 4.79 Å². The van der Waals surface area contributed by atoms with Crippen molar-refractivity contribution in [3.05, 3.63) is 0 Å². The van der Waals surface area contributed by atoms with Crippen LogP contribution >= 0.6 is 0 Å². The summed E-state index contributed by atoms with van der Waals surface area (Å²) in [5, 5.41) is 5.45. The highest BCUT2D eigenvalue weighted by atomic mass is 16.6. The number of hydrogen-bond acceptors (Lipinski definition) is 3. The Morgan fingerprint density at radius 2 is 1.60 bits per heavy atom. The maximum atomic E-state index is 11.6. The quantitative estimate of drug-likeness (QED) is 0.816. The molecule has 0 aromatic carbocycles. The first-order valence-electron chi connectivity index (χ1n) is 7.15. The summed E-state index contributed by atoms with van der Waals surface area (Å²) >= 11 is 0. The Labute approximate surface area is 122 Å². The van der Waals surface area contributed by atoms with Crippen LogP contribution in [-0.4, -0.2) is 30.7 Å². The van der Waals surface area contributed by atoms with Crippen LogP contribution in [-0.2, 0) is 9.53 Å². The molecule has 2 N–H and O–H groups in total. The van der Waals surface area contributed by atoms with Gasteiger partial charge in [0.05, 0.1) is 0 Å². The average Bonchev–Trinajstić information content (AvgIpc) is 2.21. The van der Waals surface area contributed by atoms with Crippen LogP contribution in [0.5, 0.6) is 0 Å². The summed E-state index contributed by atoms with van der Waals surface area (Å²) in [5.74, 6) is 0.336. The van der Waals surface area contributed by atoms with E-state index in [9.17, 15) is 9.59 Å². The van der Waals surface area contributed by atoms with Crippen LogP contribution in [0, 0.1) is 11.3 Å². The van der Waals surface area contributed by atoms with E-state index in [0.29, 0.717) is 12.5 Å². The second kappa shape index (κ2) is 7.50. The standard InChI is InChI=1S/C15H30N2O3/c1-11(14(2,3)4)10-17-12(18)8-9-16-13(19)20-15(5,6)7/h11H,8-10H2,1-7H3,(H,16,19)(H,17,18). The second-order valence-corrected chi connectivity index (χ2v) is 7.25. The highest BCUT2D eigenvalue weighted by molar-refractivity contribution is 5.77. The van der Waals surface area contributed by atoms with E-state index in [-0.39, 0.29) is 24.3 Å². The molecule has 0 bridgehead atoms. The van der Waals surface area contributed by atoms with E-state index in [0.717, 1.165) is 0 Å². The molecule has 0 spiro atoms. The lowest BCUT2D eigenvalue weighted by Crippen LogP contribution is -2.37. The van der Waals surface area contributed by atoms with Gasteiger partial charge in [-0.05, 0) is 32.1 Å². The lowest BCUT2D eigenvalue weighted by atomic mass is 9.82. The van der Waals surface area contributed by atoms with Crippen molar-refractivity contribution in [2.45, 2.75) is 60.5 Å². The summed E-state index contributed by atoms with van der Waals surface area (Å²) in [6.07, 6.45) is -0.232. The molecule has 0 aromatic heterocycles. The molecular weight excluding hydrogens is 256 g/mol. The molecule has 5 nitrogen and oxygen atoms in total. The highest BCUT2D eigenvalue weighted by Gasteiger charge is 2.20.